The van der Waals surface area contributed by atoms with Gasteiger partial charge in [0.05, 0.1) is 16.9 Å². The van der Waals surface area contributed by atoms with E-state index in [2.05, 4.69) is 150 Å². The molecule has 0 spiro atoms. The number of hydrogen-bond acceptors (Lipinski definition) is 3. The predicted molar refractivity (Wildman–Crippen MR) is 186 cm³/mol. The molecule has 1 atom stereocenters. The molecule has 1 saturated heterocycles. The quantitative estimate of drug-likeness (QED) is 0.273. The molecule has 1 fully saturated rings. The van der Waals surface area contributed by atoms with Crippen molar-refractivity contribution in [2.24, 2.45) is 10.9 Å². The molecule has 3 aromatic carbocycles. The Bertz CT molecular complexity index is 1730. The van der Waals surface area contributed by atoms with E-state index in [1.54, 1.807) is 0 Å². The molecule has 220 valence electrons. The summed E-state index contributed by atoms with van der Waals surface area (Å²) in [6.45, 7) is 15.2. The van der Waals surface area contributed by atoms with Crippen molar-refractivity contribution >= 4 is 24.0 Å². The van der Waals surface area contributed by atoms with Crippen LogP contribution in [0.25, 0.3) is 22.3 Å². The standard InChI is InChI=1S/C40H40BNO2/c1-28-15-10-11-19-34(28)38(37-22-14-18-33(27-42-37)41-43-39(3,4)40(5,6)44-41)36-21-13-12-20-35(36)29(2)30-23-25-32(26-24-30)31-16-8-7-9-17-31/h7-21,23-28H,2,22H2,1,3-6H3/b38-34+. The van der Waals surface area contributed by atoms with Crippen LogP contribution in [0.15, 0.2) is 144 Å². The fourth-order valence-electron chi connectivity index (χ4n) is 5.89. The van der Waals surface area contributed by atoms with Crippen molar-refractivity contribution < 1.29 is 9.31 Å². The van der Waals surface area contributed by atoms with Crippen LogP contribution in [0.5, 0.6) is 0 Å². The fourth-order valence-corrected chi connectivity index (χ4v) is 5.89. The summed E-state index contributed by atoms with van der Waals surface area (Å²) < 4.78 is 12.7. The van der Waals surface area contributed by atoms with E-state index in [4.69, 9.17) is 14.3 Å². The maximum Gasteiger partial charge on any atom is 0.496 e. The van der Waals surface area contributed by atoms with Gasteiger partial charge in [-0.05, 0) is 72.6 Å². The van der Waals surface area contributed by atoms with E-state index in [-0.39, 0.29) is 5.92 Å². The summed E-state index contributed by atoms with van der Waals surface area (Å²) in [6.07, 6.45) is 15.6. The van der Waals surface area contributed by atoms with Crippen LogP contribution >= 0.6 is 0 Å². The monoisotopic (exact) mass is 577 g/mol. The van der Waals surface area contributed by atoms with Gasteiger partial charge >= 0.3 is 7.12 Å². The van der Waals surface area contributed by atoms with Crippen LogP contribution in [0.1, 0.15) is 57.7 Å². The number of nitrogens with zero attached hydrogens (tertiary/aromatic N) is 1. The number of hydrogen-bond donors (Lipinski definition) is 0. The first-order valence-corrected chi connectivity index (χ1v) is 15.5. The molecule has 0 aromatic heterocycles. The van der Waals surface area contributed by atoms with Crippen molar-refractivity contribution in [3.63, 3.8) is 0 Å². The lowest BCUT2D eigenvalue weighted by Crippen LogP contribution is -2.41. The molecule has 3 nitrogen and oxygen atoms in total. The van der Waals surface area contributed by atoms with E-state index in [1.165, 1.54) is 16.7 Å². The molecule has 0 amide bonds. The van der Waals surface area contributed by atoms with Crippen molar-refractivity contribution in [3.05, 3.63) is 156 Å². The second kappa shape index (κ2) is 12.0. The molecule has 4 heteroatoms. The lowest BCUT2D eigenvalue weighted by molar-refractivity contribution is 0.00578. The van der Waals surface area contributed by atoms with E-state index in [1.807, 2.05) is 12.3 Å². The van der Waals surface area contributed by atoms with E-state index in [0.29, 0.717) is 6.42 Å². The molecular weight excluding hydrogens is 537 g/mol. The first-order valence-electron chi connectivity index (χ1n) is 15.5. The summed E-state index contributed by atoms with van der Waals surface area (Å²) in [7, 11) is -0.460. The van der Waals surface area contributed by atoms with Gasteiger partial charge in [-0.2, -0.15) is 0 Å². The zero-order chi connectivity index (χ0) is 30.9. The average Bonchev–Trinajstić information content (AvgIpc) is 3.16. The Balaban J connectivity index is 1.40. The summed E-state index contributed by atoms with van der Waals surface area (Å²) in [4.78, 5) is 5.14. The Morgan fingerprint density at radius 3 is 2.11 bits per heavy atom. The Labute approximate surface area is 262 Å². The van der Waals surface area contributed by atoms with Crippen molar-refractivity contribution in [1.29, 1.82) is 0 Å². The van der Waals surface area contributed by atoms with Gasteiger partial charge in [-0.25, -0.2) is 0 Å². The summed E-state index contributed by atoms with van der Waals surface area (Å²) in [5, 5.41) is 0. The lowest BCUT2D eigenvalue weighted by Gasteiger charge is -2.32. The predicted octanol–water partition coefficient (Wildman–Crippen LogP) is 9.85. The summed E-state index contributed by atoms with van der Waals surface area (Å²) in [5.74, 6) is 0.239. The van der Waals surface area contributed by atoms with Crippen molar-refractivity contribution in [2.75, 3.05) is 0 Å². The lowest BCUT2D eigenvalue weighted by atomic mass is 9.78. The molecular formula is C40H40BNO2. The molecule has 2 heterocycles. The highest BCUT2D eigenvalue weighted by Crippen LogP contribution is 2.40. The largest absolute Gasteiger partial charge is 0.496 e. The second-order valence-corrected chi connectivity index (χ2v) is 12.7. The van der Waals surface area contributed by atoms with Gasteiger partial charge in [0.25, 0.3) is 0 Å². The molecule has 1 aliphatic carbocycles. The van der Waals surface area contributed by atoms with Crippen molar-refractivity contribution in [2.45, 2.75) is 52.2 Å². The van der Waals surface area contributed by atoms with Gasteiger partial charge in [0, 0.05) is 23.7 Å². The van der Waals surface area contributed by atoms with Gasteiger partial charge in [0.15, 0.2) is 0 Å². The second-order valence-electron chi connectivity index (χ2n) is 12.7. The molecule has 1 unspecified atom stereocenters. The van der Waals surface area contributed by atoms with Crippen LogP contribution in [0.4, 0.5) is 0 Å². The minimum atomic E-state index is -0.460. The van der Waals surface area contributed by atoms with Gasteiger partial charge in [-0.3, -0.25) is 4.99 Å². The fraction of sp³-hybridized carbons (Fsp3) is 0.225. The van der Waals surface area contributed by atoms with Gasteiger partial charge in [-0.1, -0.05) is 129 Å². The highest BCUT2D eigenvalue weighted by molar-refractivity contribution is 6.55. The Morgan fingerprint density at radius 1 is 0.795 bits per heavy atom. The van der Waals surface area contributed by atoms with Crippen molar-refractivity contribution in [3.8, 4) is 11.1 Å². The molecule has 0 saturated carbocycles. The SMILES string of the molecule is C=C(c1ccc(-c2ccccc2)cc1)c1ccccc1/C(C1=NC=C(B2OC(C)(C)C(C)(C)O2)C=CC1)=C1/C=CC=CC1C. The van der Waals surface area contributed by atoms with Crippen LogP contribution in [0, 0.1) is 5.92 Å². The molecule has 0 radical (unpaired) electrons. The van der Waals surface area contributed by atoms with Crippen molar-refractivity contribution in [1.82, 2.24) is 0 Å². The summed E-state index contributed by atoms with van der Waals surface area (Å²) >= 11 is 0. The minimum absolute atomic E-state index is 0.239. The third-order valence-electron chi connectivity index (χ3n) is 9.23. The molecule has 6 rings (SSSR count). The number of benzene rings is 3. The maximum absolute atomic E-state index is 6.35. The molecule has 3 aliphatic rings. The van der Waals surface area contributed by atoms with E-state index in [0.717, 1.165) is 39.0 Å². The summed E-state index contributed by atoms with van der Waals surface area (Å²) in [5.41, 5.74) is 10.2. The molecule has 0 N–H and O–H groups in total. The first-order chi connectivity index (χ1) is 21.1. The number of rotatable bonds is 6. The molecule has 3 aromatic rings. The zero-order valence-corrected chi connectivity index (χ0v) is 26.4. The van der Waals surface area contributed by atoms with E-state index < -0.39 is 18.3 Å². The van der Waals surface area contributed by atoms with E-state index >= 15 is 0 Å². The minimum Gasteiger partial charge on any atom is -0.399 e. The maximum atomic E-state index is 6.35. The highest BCUT2D eigenvalue weighted by atomic mass is 16.7. The third kappa shape index (κ3) is 5.80. The normalized spacial score (nSPS) is 21.5. The average molecular weight is 578 g/mol. The topological polar surface area (TPSA) is 30.8 Å². The van der Waals surface area contributed by atoms with Gasteiger partial charge in [0.1, 0.15) is 0 Å². The Hall–Kier alpha value is -4.25. The molecule has 2 aliphatic heterocycles. The van der Waals surface area contributed by atoms with Crippen LogP contribution < -0.4 is 0 Å². The van der Waals surface area contributed by atoms with E-state index in [9.17, 15) is 0 Å². The Kier molecular flexibility index (Phi) is 8.15. The summed E-state index contributed by atoms with van der Waals surface area (Å²) in [6, 6.07) is 27.7. The zero-order valence-electron chi connectivity index (χ0n) is 26.4. The van der Waals surface area contributed by atoms with Crippen LogP contribution in [0.2, 0.25) is 0 Å². The Morgan fingerprint density at radius 2 is 1.43 bits per heavy atom. The highest BCUT2D eigenvalue weighted by Gasteiger charge is 2.52. The molecule has 0 bridgehead atoms. The van der Waals surface area contributed by atoms with Gasteiger partial charge in [0.2, 0.25) is 0 Å². The molecule has 44 heavy (non-hydrogen) atoms. The van der Waals surface area contributed by atoms with Crippen LogP contribution in [0.3, 0.4) is 0 Å². The first kappa shape index (κ1) is 29.8. The third-order valence-corrected chi connectivity index (χ3v) is 9.23. The number of aliphatic imine (C=N–C) groups is 1. The van der Waals surface area contributed by atoms with Crippen LogP contribution in [-0.4, -0.2) is 24.0 Å². The van der Waals surface area contributed by atoms with Crippen LogP contribution in [-0.2, 0) is 9.31 Å². The number of allylic oxidation sites excluding steroid dienone is 9. The van der Waals surface area contributed by atoms with Gasteiger partial charge < -0.3 is 9.31 Å². The van der Waals surface area contributed by atoms with Gasteiger partial charge in [-0.15, -0.1) is 0 Å². The smallest absolute Gasteiger partial charge is 0.399 e.